The van der Waals surface area contributed by atoms with Crippen LogP contribution in [0.3, 0.4) is 0 Å². The Balaban J connectivity index is 3.09. The van der Waals surface area contributed by atoms with E-state index in [1.54, 1.807) is 18.2 Å². The highest BCUT2D eigenvalue weighted by atomic mass is 35.7. The first-order valence-corrected chi connectivity index (χ1v) is 5.25. The average molecular weight is 177 g/mol. The number of halogens is 1. The molecule has 0 spiro atoms. The Kier molecular flexibility index (Phi) is 2.14. The lowest BCUT2D eigenvalue weighted by Crippen LogP contribution is -1.97. The second kappa shape index (κ2) is 2.75. The highest BCUT2D eigenvalue weighted by molar-refractivity contribution is 7.90. The van der Waals surface area contributed by atoms with Gasteiger partial charge in [0.15, 0.2) is 0 Å². The molecular formula is C6H6ClO2P. The predicted octanol–water partition coefficient (Wildman–Crippen LogP) is 1.74. The van der Waals surface area contributed by atoms with Gasteiger partial charge in [-0.3, -0.25) is 4.57 Å². The molecule has 1 aromatic rings. The zero-order chi connectivity index (χ0) is 7.61. The SMILES string of the molecule is O=P(O)(Cl)c1ccccc1. The summed E-state index contributed by atoms with van der Waals surface area (Å²) < 4.78 is 10.7. The third-order valence-electron chi connectivity index (χ3n) is 1.07. The fraction of sp³-hybridized carbons (Fsp3) is 0. The van der Waals surface area contributed by atoms with Gasteiger partial charge in [0, 0.05) is 0 Å². The summed E-state index contributed by atoms with van der Waals surface area (Å²) in [6.07, 6.45) is 0. The summed E-state index contributed by atoms with van der Waals surface area (Å²) in [6, 6.07) is 8.14. The van der Waals surface area contributed by atoms with Crippen LogP contribution in [0.2, 0.25) is 0 Å². The standard InChI is InChI=1S/C6H6ClO2P/c7-10(8,9)6-4-2-1-3-5-6/h1-5H,(H,8,9). The van der Waals surface area contributed by atoms with Gasteiger partial charge in [0.05, 0.1) is 5.30 Å². The first-order valence-electron chi connectivity index (χ1n) is 2.69. The maximum absolute atomic E-state index is 10.7. The molecule has 0 bridgehead atoms. The molecule has 10 heavy (non-hydrogen) atoms. The molecule has 0 radical (unpaired) electrons. The Morgan fingerprint density at radius 2 is 1.80 bits per heavy atom. The van der Waals surface area contributed by atoms with Gasteiger partial charge in [0.2, 0.25) is 0 Å². The van der Waals surface area contributed by atoms with Gasteiger partial charge >= 0.3 is 6.72 Å². The van der Waals surface area contributed by atoms with Crippen molar-refractivity contribution in [3.05, 3.63) is 30.3 Å². The van der Waals surface area contributed by atoms with E-state index in [1.807, 2.05) is 0 Å². The van der Waals surface area contributed by atoms with Crippen LogP contribution in [-0.2, 0) is 4.57 Å². The highest BCUT2D eigenvalue weighted by Gasteiger charge is 2.14. The van der Waals surface area contributed by atoms with E-state index < -0.39 is 6.72 Å². The van der Waals surface area contributed by atoms with Crippen molar-refractivity contribution in [2.45, 2.75) is 0 Å². The summed E-state index contributed by atoms with van der Waals surface area (Å²) in [4.78, 5) is 8.81. The lowest BCUT2D eigenvalue weighted by atomic mass is 10.4. The van der Waals surface area contributed by atoms with Gasteiger partial charge in [-0.1, -0.05) is 18.2 Å². The van der Waals surface area contributed by atoms with E-state index in [0.717, 1.165) is 0 Å². The maximum atomic E-state index is 10.7. The molecule has 1 unspecified atom stereocenters. The first kappa shape index (κ1) is 7.80. The Labute approximate surface area is 63.7 Å². The number of rotatable bonds is 1. The molecule has 54 valence electrons. The number of benzene rings is 1. The molecule has 0 amide bonds. The van der Waals surface area contributed by atoms with E-state index in [9.17, 15) is 4.57 Å². The molecule has 1 aromatic carbocycles. The van der Waals surface area contributed by atoms with Crippen molar-refractivity contribution < 1.29 is 9.46 Å². The molecule has 0 aromatic heterocycles. The Bertz CT molecular complexity index is 254. The molecule has 0 saturated carbocycles. The summed E-state index contributed by atoms with van der Waals surface area (Å²) >= 11 is 5.17. The minimum atomic E-state index is -3.55. The van der Waals surface area contributed by atoms with Crippen LogP contribution in [0.15, 0.2) is 30.3 Å². The molecule has 1 atom stereocenters. The zero-order valence-electron chi connectivity index (χ0n) is 5.07. The van der Waals surface area contributed by atoms with Gasteiger partial charge in [-0.2, -0.15) is 0 Å². The van der Waals surface area contributed by atoms with Gasteiger partial charge in [-0.05, 0) is 23.4 Å². The van der Waals surface area contributed by atoms with E-state index in [0.29, 0.717) is 0 Å². The van der Waals surface area contributed by atoms with Crippen LogP contribution < -0.4 is 5.30 Å². The van der Waals surface area contributed by atoms with Crippen molar-refractivity contribution in [1.29, 1.82) is 0 Å². The van der Waals surface area contributed by atoms with Crippen molar-refractivity contribution in [3.8, 4) is 0 Å². The summed E-state index contributed by atoms with van der Waals surface area (Å²) in [6.45, 7) is -3.55. The van der Waals surface area contributed by atoms with Crippen LogP contribution in [-0.4, -0.2) is 4.89 Å². The minimum Gasteiger partial charge on any atom is -0.330 e. The Morgan fingerprint density at radius 3 is 2.10 bits per heavy atom. The molecule has 4 heteroatoms. The summed E-state index contributed by atoms with van der Waals surface area (Å²) in [5.74, 6) is 0. The summed E-state index contributed by atoms with van der Waals surface area (Å²) in [5.41, 5.74) is 0. The predicted molar refractivity (Wildman–Crippen MR) is 41.8 cm³/mol. The third kappa shape index (κ3) is 1.84. The second-order valence-electron chi connectivity index (χ2n) is 1.84. The van der Waals surface area contributed by atoms with Crippen molar-refractivity contribution in [2.75, 3.05) is 0 Å². The zero-order valence-corrected chi connectivity index (χ0v) is 6.72. The summed E-state index contributed by atoms with van der Waals surface area (Å²) in [5, 5.41) is 0.275. The quantitative estimate of drug-likeness (QED) is 0.662. The molecule has 2 nitrogen and oxygen atoms in total. The van der Waals surface area contributed by atoms with Crippen LogP contribution >= 0.6 is 18.0 Å². The third-order valence-corrected chi connectivity index (χ3v) is 2.60. The van der Waals surface area contributed by atoms with Gasteiger partial charge in [0.1, 0.15) is 0 Å². The lowest BCUT2D eigenvalue weighted by molar-refractivity contribution is 0.506. The molecule has 0 aliphatic carbocycles. The first-order chi connectivity index (χ1) is 4.61. The smallest absolute Gasteiger partial charge is 0.317 e. The lowest BCUT2D eigenvalue weighted by Gasteiger charge is -1.99. The Morgan fingerprint density at radius 1 is 1.30 bits per heavy atom. The Hall–Kier alpha value is -0.300. The van der Waals surface area contributed by atoms with Crippen LogP contribution in [0.5, 0.6) is 0 Å². The summed E-state index contributed by atoms with van der Waals surface area (Å²) in [7, 11) is 0. The van der Waals surface area contributed by atoms with Crippen molar-refractivity contribution in [1.82, 2.24) is 0 Å². The molecular weight excluding hydrogens is 170 g/mol. The van der Waals surface area contributed by atoms with Gasteiger partial charge in [-0.15, -0.1) is 0 Å². The van der Waals surface area contributed by atoms with Crippen LogP contribution in [0.4, 0.5) is 0 Å². The van der Waals surface area contributed by atoms with E-state index in [4.69, 9.17) is 16.1 Å². The minimum absolute atomic E-state index is 0.275. The van der Waals surface area contributed by atoms with Crippen molar-refractivity contribution in [2.24, 2.45) is 0 Å². The van der Waals surface area contributed by atoms with Crippen LogP contribution in [0.25, 0.3) is 0 Å². The van der Waals surface area contributed by atoms with E-state index >= 15 is 0 Å². The number of hydrogen-bond donors (Lipinski definition) is 1. The van der Waals surface area contributed by atoms with Gasteiger partial charge < -0.3 is 4.89 Å². The molecule has 0 fully saturated rings. The van der Waals surface area contributed by atoms with Crippen molar-refractivity contribution in [3.63, 3.8) is 0 Å². The molecule has 0 heterocycles. The molecule has 0 aliphatic rings. The topological polar surface area (TPSA) is 37.3 Å². The maximum Gasteiger partial charge on any atom is 0.317 e. The molecule has 0 saturated heterocycles. The van der Waals surface area contributed by atoms with E-state index in [-0.39, 0.29) is 5.30 Å². The van der Waals surface area contributed by atoms with Crippen molar-refractivity contribution >= 4 is 23.3 Å². The highest BCUT2D eigenvalue weighted by Crippen LogP contribution is 2.44. The van der Waals surface area contributed by atoms with E-state index in [2.05, 4.69) is 0 Å². The van der Waals surface area contributed by atoms with Gasteiger partial charge in [0.25, 0.3) is 0 Å². The fourth-order valence-corrected chi connectivity index (χ4v) is 1.49. The molecule has 0 aliphatic heterocycles. The van der Waals surface area contributed by atoms with Gasteiger partial charge in [-0.25, -0.2) is 0 Å². The molecule has 1 rings (SSSR count). The number of hydrogen-bond acceptors (Lipinski definition) is 1. The second-order valence-corrected chi connectivity index (χ2v) is 4.73. The normalized spacial score (nSPS) is 16.2. The largest absolute Gasteiger partial charge is 0.330 e. The monoisotopic (exact) mass is 176 g/mol. The fourth-order valence-electron chi connectivity index (χ4n) is 0.612. The average Bonchev–Trinajstić information content (AvgIpc) is 1.88. The molecule has 1 N–H and O–H groups in total. The van der Waals surface area contributed by atoms with Crippen LogP contribution in [0, 0.1) is 0 Å². The van der Waals surface area contributed by atoms with Crippen LogP contribution in [0.1, 0.15) is 0 Å². The van der Waals surface area contributed by atoms with E-state index in [1.165, 1.54) is 12.1 Å².